The number of allylic oxidation sites excluding steroid dienone is 5. The van der Waals surface area contributed by atoms with Crippen LogP contribution >= 0.6 is 11.3 Å². The van der Waals surface area contributed by atoms with Crippen LogP contribution < -0.4 is 5.32 Å². The predicted molar refractivity (Wildman–Crippen MR) is 136 cm³/mol. The monoisotopic (exact) mass is 498 g/mol. The number of thiazole rings is 1. The molecule has 1 aliphatic carbocycles. The molecule has 3 heterocycles. The van der Waals surface area contributed by atoms with Crippen LogP contribution in [-0.4, -0.2) is 77.9 Å². The van der Waals surface area contributed by atoms with Gasteiger partial charge in [-0.3, -0.25) is 14.4 Å². The second kappa shape index (κ2) is 10.5. The number of carbonyl (C=O) groups is 3. The summed E-state index contributed by atoms with van der Waals surface area (Å²) < 4.78 is 5.20. The second-order valence-electron chi connectivity index (χ2n) is 9.87. The van der Waals surface area contributed by atoms with Crippen molar-refractivity contribution < 1.29 is 19.1 Å². The Morgan fingerprint density at radius 3 is 2.77 bits per heavy atom. The van der Waals surface area contributed by atoms with E-state index >= 15 is 0 Å². The van der Waals surface area contributed by atoms with E-state index in [0.29, 0.717) is 32.7 Å². The molecule has 2 unspecified atom stereocenters. The molecule has 1 aromatic heterocycles. The highest BCUT2D eigenvalue weighted by Crippen LogP contribution is 2.30. The fraction of sp³-hybridized carbons (Fsp3) is 0.538. The Labute approximate surface area is 210 Å². The van der Waals surface area contributed by atoms with E-state index in [9.17, 15) is 14.4 Å². The molecule has 4 rings (SSSR count). The van der Waals surface area contributed by atoms with Gasteiger partial charge in [-0.25, -0.2) is 4.98 Å². The molecular formula is C26H34N4O4S. The number of likely N-dealkylation sites (tertiary alicyclic amines) is 1. The van der Waals surface area contributed by atoms with E-state index < -0.39 is 17.5 Å². The van der Waals surface area contributed by atoms with E-state index in [0.717, 1.165) is 34.6 Å². The zero-order valence-corrected chi connectivity index (χ0v) is 21.7. The molecule has 2 saturated heterocycles. The van der Waals surface area contributed by atoms with E-state index in [-0.39, 0.29) is 17.7 Å². The maximum atomic E-state index is 13.3. The summed E-state index contributed by atoms with van der Waals surface area (Å²) in [7, 11) is 1.65. The number of nitrogens with one attached hydrogen (secondary N) is 1. The SMILES string of the molecule is Cc1ncsc1C1=CC=C(CNC(=O)C2CCCN2C(=O)C(C)N(C)C(=O)C2(C)COC2)CC=C1. The molecule has 0 radical (unpaired) electrons. The van der Waals surface area contributed by atoms with Crippen LogP contribution in [-0.2, 0) is 19.1 Å². The summed E-state index contributed by atoms with van der Waals surface area (Å²) >= 11 is 1.62. The summed E-state index contributed by atoms with van der Waals surface area (Å²) in [6.45, 7) is 7.28. The minimum Gasteiger partial charge on any atom is -0.379 e. The van der Waals surface area contributed by atoms with Gasteiger partial charge in [-0.05, 0) is 51.2 Å². The Morgan fingerprint density at radius 1 is 1.34 bits per heavy atom. The predicted octanol–water partition coefficient (Wildman–Crippen LogP) is 2.71. The van der Waals surface area contributed by atoms with Gasteiger partial charge < -0.3 is 19.9 Å². The third-order valence-electron chi connectivity index (χ3n) is 7.13. The van der Waals surface area contributed by atoms with Crippen LogP contribution in [0.1, 0.15) is 43.7 Å². The summed E-state index contributed by atoms with van der Waals surface area (Å²) in [4.78, 5) is 47.7. The Hall–Kier alpha value is -2.78. The molecule has 8 nitrogen and oxygen atoms in total. The van der Waals surface area contributed by atoms with Crippen molar-refractivity contribution in [1.29, 1.82) is 0 Å². The van der Waals surface area contributed by atoms with Crippen molar-refractivity contribution in [3.8, 4) is 0 Å². The van der Waals surface area contributed by atoms with E-state index in [2.05, 4.69) is 34.6 Å². The fourth-order valence-electron chi connectivity index (χ4n) is 4.69. The summed E-state index contributed by atoms with van der Waals surface area (Å²) in [5.74, 6) is -0.432. The van der Waals surface area contributed by atoms with Crippen molar-refractivity contribution in [3.63, 3.8) is 0 Å². The lowest BCUT2D eigenvalue weighted by Gasteiger charge is -2.41. The summed E-state index contributed by atoms with van der Waals surface area (Å²) in [5.41, 5.74) is 4.50. The largest absolute Gasteiger partial charge is 0.379 e. The lowest BCUT2D eigenvalue weighted by Crippen LogP contribution is -2.58. The molecule has 1 N–H and O–H groups in total. The van der Waals surface area contributed by atoms with Crippen molar-refractivity contribution >= 4 is 34.6 Å². The first-order chi connectivity index (χ1) is 16.7. The maximum absolute atomic E-state index is 13.3. The molecule has 188 valence electrons. The summed E-state index contributed by atoms with van der Waals surface area (Å²) in [6, 6.07) is -1.15. The van der Waals surface area contributed by atoms with Crippen molar-refractivity contribution in [2.24, 2.45) is 5.41 Å². The van der Waals surface area contributed by atoms with Gasteiger partial charge in [0.1, 0.15) is 12.1 Å². The molecule has 0 saturated carbocycles. The zero-order valence-electron chi connectivity index (χ0n) is 20.9. The molecule has 9 heteroatoms. The first-order valence-electron chi connectivity index (χ1n) is 12.1. The first kappa shape index (κ1) is 25.3. The number of hydrogen-bond donors (Lipinski definition) is 1. The molecule has 0 bridgehead atoms. The second-order valence-corrected chi connectivity index (χ2v) is 10.7. The third kappa shape index (κ3) is 5.26. The van der Waals surface area contributed by atoms with Crippen molar-refractivity contribution in [2.75, 3.05) is 33.4 Å². The molecule has 35 heavy (non-hydrogen) atoms. The topological polar surface area (TPSA) is 91.8 Å². The average molecular weight is 499 g/mol. The highest BCUT2D eigenvalue weighted by atomic mass is 32.1. The molecule has 3 aliphatic rings. The molecule has 0 aromatic carbocycles. The number of nitrogens with zero attached hydrogens (tertiary/aromatic N) is 3. The number of amides is 3. The maximum Gasteiger partial charge on any atom is 0.245 e. The van der Waals surface area contributed by atoms with Gasteiger partial charge >= 0.3 is 0 Å². The molecule has 2 aliphatic heterocycles. The van der Waals surface area contributed by atoms with E-state index in [4.69, 9.17) is 4.74 Å². The highest BCUT2D eigenvalue weighted by Gasteiger charge is 2.45. The number of hydrogen-bond acceptors (Lipinski definition) is 6. The number of aromatic nitrogens is 1. The van der Waals surface area contributed by atoms with Crippen LogP contribution in [0.25, 0.3) is 5.57 Å². The molecular weight excluding hydrogens is 464 g/mol. The average Bonchev–Trinajstić information content (AvgIpc) is 3.43. The van der Waals surface area contributed by atoms with Crippen molar-refractivity contribution in [1.82, 2.24) is 20.1 Å². The molecule has 1 aromatic rings. The zero-order chi connectivity index (χ0) is 25.2. The quantitative estimate of drug-likeness (QED) is 0.624. The smallest absolute Gasteiger partial charge is 0.245 e. The van der Waals surface area contributed by atoms with Gasteiger partial charge in [-0.15, -0.1) is 11.3 Å². The number of carbonyl (C=O) groups excluding carboxylic acids is 3. The van der Waals surface area contributed by atoms with Crippen LogP contribution in [0.2, 0.25) is 0 Å². The summed E-state index contributed by atoms with van der Waals surface area (Å²) in [6.07, 6.45) is 10.5. The summed E-state index contributed by atoms with van der Waals surface area (Å²) in [5, 5.41) is 3.03. The lowest BCUT2D eigenvalue weighted by atomic mass is 9.86. The number of ether oxygens (including phenoxy) is 1. The van der Waals surface area contributed by atoms with Gasteiger partial charge in [0.2, 0.25) is 17.7 Å². The fourth-order valence-corrected chi connectivity index (χ4v) is 5.50. The highest BCUT2D eigenvalue weighted by molar-refractivity contribution is 7.11. The van der Waals surface area contributed by atoms with Crippen LogP contribution in [0, 0.1) is 12.3 Å². The van der Waals surface area contributed by atoms with Crippen LogP contribution in [0.4, 0.5) is 0 Å². The van der Waals surface area contributed by atoms with Gasteiger partial charge in [-0.1, -0.05) is 24.3 Å². The number of aryl methyl sites for hydroxylation is 1. The van der Waals surface area contributed by atoms with Gasteiger partial charge in [-0.2, -0.15) is 0 Å². The molecule has 2 atom stereocenters. The van der Waals surface area contributed by atoms with Crippen LogP contribution in [0.15, 0.2) is 35.4 Å². The Balaban J connectivity index is 1.35. The Bertz CT molecular complexity index is 1080. The van der Waals surface area contributed by atoms with Gasteiger partial charge in [0.05, 0.1) is 34.7 Å². The van der Waals surface area contributed by atoms with Gasteiger partial charge in [0, 0.05) is 20.1 Å². The Kier molecular flexibility index (Phi) is 7.56. The Morgan fingerprint density at radius 2 is 2.11 bits per heavy atom. The number of likely N-dealkylation sites (N-methyl/N-ethyl adjacent to an activating group) is 1. The van der Waals surface area contributed by atoms with Crippen molar-refractivity contribution in [2.45, 2.75) is 52.1 Å². The minimum absolute atomic E-state index is 0.0981. The van der Waals surface area contributed by atoms with Gasteiger partial charge in [0.15, 0.2) is 0 Å². The minimum atomic E-state index is -0.637. The van der Waals surface area contributed by atoms with Crippen LogP contribution in [0.5, 0.6) is 0 Å². The lowest BCUT2D eigenvalue weighted by molar-refractivity contribution is -0.171. The first-order valence-corrected chi connectivity index (χ1v) is 13.0. The standard InChI is InChI=1S/C26H34N4O4S/c1-17-22(35-16-28-17)20-8-5-7-19(10-11-20)13-27-23(31)21-9-6-12-30(21)24(32)18(2)29(4)25(33)26(3)14-34-15-26/h5,8,10-11,16,18,21H,6-7,9,12-15H2,1-4H3,(H,27,31). The van der Waals surface area contributed by atoms with Crippen molar-refractivity contribution in [3.05, 3.63) is 46.0 Å². The molecule has 3 amide bonds. The third-order valence-corrected chi connectivity index (χ3v) is 8.11. The van der Waals surface area contributed by atoms with E-state index in [1.165, 1.54) is 4.90 Å². The molecule has 0 spiro atoms. The van der Waals surface area contributed by atoms with Crippen LogP contribution in [0.3, 0.4) is 0 Å². The van der Waals surface area contributed by atoms with Gasteiger partial charge in [0.25, 0.3) is 0 Å². The number of rotatable bonds is 7. The van der Waals surface area contributed by atoms with E-state index in [1.807, 2.05) is 19.4 Å². The van der Waals surface area contributed by atoms with E-state index in [1.54, 1.807) is 30.2 Å². The molecule has 2 fully saturated rings. The normalized spacial score (nSPS) is 21.9.